The molecule has 0 spiro atoms. The predicted octanol–water partition coefficient (Wildman–Crippen LogP) is 3.09. The molecule has 120 valence electrons. The first-order valence-electron chi connectivity index (χ1n) is 6.92. The molecule has 0 fully saturated rings. The maximum absolute atomic E-state index is 12.2. The van der Waals surface area contributed by atoms with Crippen LogP contribution in [0.4, 0.5) is 0 Å². The number of hydrogen-bond donors (Lipinski definition) is 2. The van der Waals surface area contributed by atoms with Gasteiger partial charge in [0.15, 0.2) is 5.78 Å². The molecule has 5 nitrogen and oxygen atoms in total. The minimum Gasteiger partial charge on any atom is -0.507 e. The van der Waals surface area contributed by atoms with Crippen molar-refractivity contribution >= 4 is 23.4 Å². The molecule has 23 heavy (non-hydrogen) atoms. The molecule has 0 aromatic heterocycles. The summed E-state index contributed by atoms with van der Waals surface area (Å²) in [5.41, 5.74) is -0.176. The van der Waals surface area contributed by atoms with E-state index in [-0.39, 0.29) is 35.0 Å². The van der Waals surface area contributed by atoms with Crippen molar-refractivity contribution < 1.29 is 24.5 Å². The molecule has 1 aromatic rings. The van der Waals surface area contributed by atoms with Gasteiger partial charge >= 0.3 is 5.97 Å². The second-order valence-corrected chi connectivity index (χ2v) is 5.20. The van der Waals surface area contributed by atoms with Crippen LogP contribution in [-0.2, 0) is 16.0 Å². The quantitative estimate of drug-likeness (QED) is 0.562. The number of ketones is 1. The van der Waals surface area contributed by atoms with Crippen molar-refractivity contribution in [3.63, 3.8) is 0 Å². The van der Waals surface area contributed by atoms with Gasteiger partial charge in [0, 0.05) is 18.1 Å². The zero-order valence-corrected chi connectivity index (χ0v) is 12.9. The van der Waals surface area contributed by atoms with Gasteiger partial charge in [-0.2, -0.15) is 0 Å². The van der Waals surface area contributed by atoms with Crippen LogP contribution >= 0.6 is 11.6 Å². The summed E-state index contributed by atoms with van der Waals surface area (Å²) in [6.45, 7) is 0.0217. The Morgan fingerprint density at radius 1 is 1.04 bits per heavy atom. The van der Waals surface area contributed by atoms with Crippen LogP contribution in [0.15, 0.2) is 42.5 Å². The van der Waals surface area contributed by atoms with Crippen LogP contribution in [0.2, 0.25) is 5.02 Å². The second-order valence-electron chi connectivity index (χ2n) is 4.82. The number of allylic oxidation sites excluding steroid dienone is 5. The van der Waals surface area contributed by atoms with Crippen molar-refractivity contribution in [3.8, 4) is 11.5 Å². The van der Waals surface area contributed by atoms with Gasteiger partial charge in [-0.05, 0) is 12.5 Å². The van der Waals surface area contributed by atoms with Gasteiger partial charge in [0.05, 0.1) is 5.02 Å². The molecule has 0 saturated heterocycles. The molecule has 1 aromatic carbocycles. The average Bonchev–Trinajstić information content (AvgIpc) is 2.50. The summed E-state index contributed by atoms with van der Waals surface area (Å²) in [6, 6.07) is 0.949. The molecule has 2 rings (SSSR count). The number of esters is 1. The van der Waals surface area contributed by atoms with Gasteiger partial charge < -0.3 is 14.9 Å². The minimum absolute atomic E-state index is 0.0217. The third-order valence-electron chi connectivity index (χ3n) is 3.16. The largest absolute Gasteiger partial charge is 0.507 e. The lowest BCUT2D eigenvalue weighted by Gasteiger charge is -2.13. The van der Waals surface area contributed by atoms with Crippen LogP contribution in [0, 0.1) is 0 Å². The van der Waals surface area contributed by atoms with E-state index in [1.807, 2.05) is 6.08 Å². The summed E-state index contributed by atoms with van der Waals surface area (Å²) in [4.78, 5) is 24.2. The summed E-state index contributed by atoms with van der Waals surface area (Å²) in [6.07, 6.45) is 10.3. The zero-order chi connectivity index (χ0) is 16.8. The van der Waals surface area contributed by atoms with Crippen LogP contribution in [0.5, 0.6) is 11.5 Å². The SMILES string of the molecule is O=C1/C=C/C=C/C/C=C\COC(=O)c2c(O)cc(O)c(Cl)c2C1. The first-order valence-corrected chi connectivity index (χ1v) is 7.30. The number of phenolic OH excluding ortho intramolecular Hbond substituents is 2. The molecule has 2 N–H and O–H groups in total. The molecule has 0 radical (unpaired) electrons. The molecule has 1 aliphatic heterocycles. The average molecular weight is 335 g/mol. The molecule has 0 atom stereocenters. The maximum atomic E-state index is 12.2. The lowest BCUT2D eigenvalue weighted by molar-refractivity contribution is -0.114. The molecular formula is C17H15ClO5. The Morgan fingerprint density at radius 2 is 1.83 bits per heavy atom. The molecule has 6 heteroatoms. The third kappa shape index (κ3) is 4.23. The Balaban J connectivity index is 2.50. The first kappa shape index (κ1) is 16.8. The summed E-state index contributed by atoms with van der Waals surface area (Å²) < 4.78 is 5.04. The highest BCUT2D eigenvalue weighted by Crippen LogP contribution is 2.37. The van der Waals surface area contributed by atoms with Gasteiger partial charge in [-0.25, -0.2) is 4.79 Å². The molecule has 0 aliphatic carbocycles. The molecular weight excluding hydrogens is 320 g/mol. The van der Waals surface area contributed by atoms with Crippen molar-refractivity contribution in [3.05, 3.63) is 58.7 Å². The predicted molar refractivity (Wildman–Crippen MR) is 85.8 cm³/mol. The molecule has 1 heterocycles. The Hall–Kier alpha value is -2.53. The lowest BCUT2D eigenvalue weighted by atomic mass is 10.00. The number of carbonyl (C=O) groups is 2. The molecule has 0 saturated carbocycles. The summed E-state index contributed by atoms with van der Waals surface area (Å²) in [7, 11) is 0. The van der Waals surface area contributed by atoms with Gasteiger partial charge in [-0.3, -0.25) is 4.79 Å². The number of phenols is 2. The van der Waals surface area contributed by atoms with E-state index in [9.17, 15) is 19.8 Å². The summed E-state index contributed by atoms with van der Waals surface area (Å²) in [5, 5.41) is 19.5. The Bertz CT molecular complexity index is 716. The van der Waals surface area contributed by atoms with Crippen molar-refractivity contribution in [2.45, 2.75) is 12.8 Å². The Morgan fingerprint density at radius 3 is 2.61 bits per heavy atom. The number of rotatable bonds is 0. The summed E-state index contributed by atoms with van der Waals surface area (Å²) in [5.74, 6) is -2.04. The fourth-order valence-corrected chi connectivity index (χ4v) is 2.29. The van der Waals surface area contributed by atoms with E-state index in [0.717, 1.165) is 6.07 Å². The van der Waals surface area contributed by atoms with Crippen LogP contribution in [0.3, 0.4) is 0 Å². The molecule has 1 aliphatic rings. The van der Waals surface area contributed by atoms with Gasteiger partial charge in [-0.15, -0.1) is 0 Å². The molecule has 0 bridgehead atoms. The van der Waals surface area contributed by atoms with E-state index >= 15 is 0 Å². The number of cyclic esters (lactones) is 1. The van der Waals surface area contributed by atoms with Crippen molar-refractivity contribution in [2.24, 2.45) is 0 Å². The molecule has 0 amide bonds. The Kier molecular flexibility index (Phi) is 5.60. The highest BCUT2D eigenvalue weighted by atomic mass is 35.5. The minimum atomic E-state index is -0.812. The van der Waals surface area contributed by atoms with Crippen molar-refractivity contribution in [1.82, 2.24) is 0 Å². The van der Waals surface area contributed by atoms with E-state index < -0.39 is 17.5 Å². The third-order valence-corrected chi connectivity index (χ3v) is 3.58. The molecule has 0 unspecified atom stereocenters. The first-order chi connectivity index (χ1) is 11.0. The second kappa shape index (κ2) is 7.65. The van der Waals surface area contributed by atoms with Crippen molar-refractivity contribution in [2.75, 3.05) is 6.61 Å². The number of aromatic hydroxyl groups is 2. The number of ether oxygens (including phenoxy) is 1. The zero-order valence-electron chi connectivity index (χ0n) is 12.2. The van der Waals surface area contributed by atoms with Gasteiger partial charge in [0.1, 0.15) is 23.7 Å². The fourth-order valence-electron chi connectivity index (χ4n) is 2.07. The summed E-state index contributed by atoms with van der Waals surface area (Å²) >= 11 is 5.99. The maximum Gasteiger partial charge on any atom is 0.342 e. The van der Waals surface area contributed by atoms with Crippen LogP contribution in [0.25, 0.3) is 0 Å². The van der Waals surface area contributed by atoms with Gasteiger partial charge in [-0.1, -0.05) is 42.0 Å². The number of benzene rings is 1. The van der Waals surface area contributed by atoms with Crippen LogP contribution in [-0.4, -0.2) is 28.6 Å². The van der Waals surface area contributed by atoms with Crippen molar-refractivity contribution in [1.29, 1.82) is 0 Å². The number of halogens is 1. The van der Waals surface area contributed by atoms with Crippen LogP contribution < -0.4 is 0 Å². The fraction of sp³-hybridized carbons (Fsp3) is 0.176. The highest BCUT2D eigenvalue weighted by molar-refractivity contribution is 6.33. The van der Waals surface area contributed by atoms with E-state index in [1.165, 1.54) is 6.08 Å². The van der Waals surface area contributed by atoms with E-state index in [1.54, 1.807) is 24.3 Å². The highest BCUT2D eigenvalue weighted by Gasteiger charge is 2.24. The topological polar surface area (TPSA) is 83.8 Å². The monoisotopic (exact) mass is 334 g/mol. The van der Waals surface area contributed by atoms with E-state index in [0.29, 0.717) is 6.42 Å². The van der Waals surface area contributed by atoms with Crippen LogP contribution in [0.1, 0.15) is 22.3 Å². The van der Waals surface area contributed by atoms with Gasteiger partial charge in [0.25, 0.3) is 0 Å². The Labute approximate surface area is 138 Å². The normalized spacial score (nSPS) is 20.0. The number of fused-ring (bicyclic) bond motifs is 1. The number of hydrogen-bond acceptors (Lipinski definition) is 5. The smallest absolute Gasteiger partial charge is 0.342 e. The lowest BCUT2D eigenvalue weighted by Crippen LogP contribution is -2.12. The van der Waals surface area contributed by atoms with Gasteiger partial charge in [0.2, 0.25) is 0 Å². The number of carbonyl (C=O) groups excluding carboxylic acids is 2. The van der Waals surface area contributed by atoms with E-state index in [4.69, 9.17) is 16.3 Å². The van der Waals surface area contributed by atoms with E-state index in [2.05, 4.69) is 0 Å². The standard InChI is InChI=1S/C17H15ClO5/c18-16-12-9-11(19)7-5-3-1-2-4-6-8-23-17(22)15(12)13(20)10-14(16)21/h1,3-7,10,20-21H,2,8-9H2/b3-1+,6-4-,7-5+.